The first-order chi connectivity index (χ1) is 4.47. The van der Waals surface area contributed by atoms with Gasteiger partial charge in [0, 0.05) is 0 Å². The Balaban J connectivity index is 2.23. The van der Waals surface area contributed by atoms with Gasteiger partial charge in [-0.3, -0.25) is 0 Å². The van der Waals surface area contributed by atoms with Gasteiger partial charge in [-0.25, -0.2) is 0 Å². The van der Waals surface area contributed by atoms with E-state index < -0.39 is 0 Å². The minimum absolute atomic E-state index is 0.870. The van der Waals surface area contributed by atoms with E-state index in [4.69, 9.17) is 0 Å². The molecule has 0 amide bonds. The zero-order valence-electron chi connectivity index (χ0n) is 5.34. The number of hydrogen-bond donors (Lipinski definition) is 0. The van der Waals surface area contributed by atoms with Crippen molar-refractivity contribution in [3.63, 3.8) is 0 Å². The molecule has 1 fully saturated rings. The molecule has 0 aromatic heterocycles. The normalized spacial score (nSPS) is 32.0. The van der Waals surface area contributed by atoms with Gasteiger partial charge in [-0.1, -0.05) is 0 Å². The van der Waals surface area contributed by atoms with Gasteiger partial charge in [0.2, 0.25) is 0 Å². The van der Waals surface area contributed by atoms with Crippen molar-refractivity contribution in [2.45, 2.75) is 18.2 Å². The Morgan fingerprint density at radius 2 is 2.56 bits per heavy atom. The van der Waals surface area contributed by atoms with E-state index in [0.29, 0.717) is 0 Å². The molecular weight excluding hydrogens is 175 g/mol. The van der Waals surface area contributed by atoms with E-state index in [9.17, 15) is 0 Å². The van der Waals surface area contributed by atoms with E-state index in [-0.39, 0.29) is 0 Å². The van der Waals surface area contributed by atoms with Crippen molar-refractivity contribution in [2.24, 2.45) is 5.92 Å². The van der Waals surface area contributed by atoms with Gasteiger partial charge in [0.1, 0.15) is 0 Å². The molecule has 0 radical (unpaired) electrons. The van der Waals surface area contributed by atoms with Crippen LogP contribution in [0.5, 0.6) is 0 Å². The predicted octanol–water partition coefficient (Wildman–Crippen LogP) is 1.97. The second kappa shape index (κ2) is 2.32. The summed E-state index contributed by atoms with van der Waals surface area (Å²) in [7, 11) is 0. The molecule has 1 heterocycles. The Morgan fingerprint density at radius 1 is 1.56 bits per heavy atom. The van der Waals surface area contributed by atoms with E-state index in [1.807, 2.05) is 0 Å². The molecule has 9 heavy (non-hydrogen) atoms. The molecule has 0 N–H and O–H groups in total. The van der Waals surface area contributed by atoms with E-state index in [1.165, 1.54) is 18.2 Å². The summed E-state index contributed by atoms with van der Waals surface area (Å²) < 4.78 is 1.77. The third kappa shape index (κ3) is 0.996. The van der Waals surface area contributed by atoms with Crippen LogP contribution in [0.1, 0.15) is 12.8 Å². The monoisotopic (exact) mass is 186 g/mol. The molecule has 0 saturated carbocycles. The van der Waals surface area contributed by atoms with Gasteiger partial charge < -0.3 is 0 Å². The summed E-state index contributed by atoms with van der Waals surface area (Å²) >= 11 is 0.870. The van der Waals surface area contributed by atoms with Crippen molar-refractivity contribution in [2.75, 3.05) is 0 Å². The molecule has 1 aliphatic heterocycles. The third-order valence-corrected chi connectivity index (χ3v) is 4.56. The van der Waals surface area contributed by atoms with Crippen LogP contribution >= 0.6 is 0 Å². The van der Waals surface area contributed by atoms with Crippen molar-refractivity contribution in [3.05, 3.63) is 22.7 Å². The fourth-order valence-electron chi connectivity index (χ4n) is 1.40. The SMILES string of the molecule is C1=CCC2CC[Se]C2=C1. The minimum atomic E-state index is 0.870. The first-order valence-electron chi connectivity index (χ1n) is 3.46. The summed E-state index contributed by atoms with van der Waals surface area (Å²) in [6.45, 7) is 0. The zero-order chi connectivity index (χ0) is 6.10. The Bertz CT molecular complexity index is 167. The summed E-state index contributed by atoms with van der Waals surface area (Å²) in [5.41, 5.74) is 0. The van der Waals surface area contributed by atoms with Gasteiger partial charge in [-0.2, -0.15) is 0 Å². The Morgan fingerprint density at radius 3 is 3.44 bits per heavy atom. The molecule has 0 bridgehead atoms. The van der Waals surface area contributed by atoms with E-state index in [1.54, 1.807) is 4.47 Å². The van der Waals surface area contributed by atoms with E-state index >= 15 is 0 Å². The molecule has 1 heteroatoms. The van der Waals surface area contributed by atoms with E-state index in [2.05, 4.69) is 18.2 Å². The topological polar surface area (TPSA) is 0 Å². The van der Waals surface area contributed by atoms with Gasteiger partial charge in [-0.15, -0.1) is 0 Å². The number of rotatable bonds is 0. The van der Waals surface area contributed by atoms with Crippen molar-refractivity contribution >= 4 is 15.0 Å². The molecule has 2 rings (SSSR count). The fourth-order valence-corrected chi connectivity index (χ4v) is 4.05. The molecule has 0 aromatic carbocycles. The van der Waals surface area contributed by atoms with Crippen LogP contribution in [0.4, 0.5) is 0 Å². The van der Waals surface area contributed by atoms with Crippen LogP contribution in [0.25, 0.3) is 0 Å². The summed E-state index contributed by atoms with van der Waals surface area (Å²) in [6, 6.07) is 0. The summed E-state index contributed by atoms with van der Waals surface area (Å²) in [5, 5.41) is 1.49. The van der Waals surface area contributed by atoms with Gasteiger partial charge >= 0.3 is 61.7 Å². The van der Waals surface area contributed by atoms with Crippen LogP contribution in [0.2, 0.25) is 5.32 Å². The van der Waals surface area contributed by atoms with Crippen LogP contribution in [-0.4, -0.2) is 15.0 Å². The third-order valence-electron chi connectivity index (χ3n) is 1.95. The first kappa shape index (κ1) is 5.76. The number of hydrogen-bond acceptors (Lipinski definition) is 0. The molecule has 1 saturated heterocycles. The molecule has 0 nitrogen and oxygen atoms in total. The van der Waals surface area contributed by atoms with Gasteiger partial charge in [0.05, 0.1) is 0 Å². The van der Waals surface area contributed by atoms with Crippen molar-refractivity contribution in [3.8, 4) is 0 Å². The second-order valence-electron chi connectivity index (χ2n) is 2.57. The quantitative estimate of drug-likeness (QED) is 0.506. The van der Waals surface area contributed by atoms with Gasteiger partial charge in [0.25, 0.3) is 0 Å². The number of allylic oxidation sites excluding steroid dienone is 4. The number of fused-ring (bicyclic) bond motifs is 1. The first-order valence-corrected chi connectivity index (χ1v) is 5.53. The van der Waals surface area contributed by atoms with Crippen LogP contribution in [0, 0.1) is 5.92 Å². The average Bonchev–Trinajstić information content (AvgIpc) is 2.33. The van der Waals surface area contributed by atoms with E-state index in [0.717, 1.165) is 20.9 Å². The molecule has 0 spiro atoms. The van der Waals surface area contributed by atoms with Crippen LogP contribution in [-0.2, 0) is 0 Å². The standard InChI is InChI=1S/C8H10Se/c1-2-4-8-7(3-1)5-6-9-8/h1-2,4,7H,3,5-6H2. The van der Waals surface area contributed by atoms with Crippen molar-refractivity contribution in [1.82, 2.24) is 0 Å². The molecule has 2 aliphatic rings. The zero-order valence-corrected chi connectivity index (χ0v) is 7.05. The average molecular weight is 185 g/mol. The summed E-state index contributed by atoms with van der Waals surface area (Å²) in [4.78, 5) is 0. The second-order valence-corrected chi connectivity index (χ2v) is 5.02. The predicted molar refractivity (Wildman–Crippen MR) is 40.5 cm³/mol. The molecule has 0 aromatic rings. The van der Waals surface area contributed by atoms with Crippen molar-refractivity contribution < 1.29 is 0 Å². The molecular formula is C8H10Se. The van der Waals surface area contributed by atoms with Crippen LogP contribution < -0.4 is 0 Å². The van der Waals surface area contributed by atoms with Crippen molar-refractivity contribution in [1.29, 1.82) is 0 Å². The molecule has 1 atom stereocenters. The molecule has 1 unspecified atom stereocenters. The Hall–Kier alpha value is -0.000519. The molecule has 1 aliphatic carbocycles. The fraction of sp³-hybridized carbons (Fsp3) is 0.500. The van der Waals surface area contributed by atoms with Crippen LogP contribution in [0.3, 0.4) is 0 Å². The van der Waals surface area contributed by atoms with Crippen LogP contribution in [0.15, 0.2) is 22.7 Å². The van der Waals surface area contributed by atoms with Gasteiger partial charge in [0.15, 0.2) is 0 Å². The molecule has 48 valence electrons. The Labute approximate surface area is 62.2 Å². The maximum atomic E-state index is 2.33. The Kier molecular flexibility index (Phi) is 1.48. The maximum absolute atomic E-state index is 2.33. The van der Waals surface area contributed by atoms with Gasteiger partial charge in [-0.05, 0) is 0 Å². The summed E-state index contributed by atoms with van der Waals surface area (Å²) in [5.74, 6) is 0.968. The summed E-state index contributed by atoms with van der Waals surface area (Å²) in [6.07, 6.45) is 9.65.